The van der Waals surface area contributed by atoms with Crippen LogP contribution in [0.2, 0.25) is 0 Å². The normalized spacial score (nSPS) is 12.5. The van der Waals surface area contributed by atoms with Gasteiger partial charge in [-0.1, -0.05) is 0 Å². The Hall–Kier alpha value is -0.330. The maximum Gasteiger partial charge on any atom is 0.235 e. The summed E-state index contributed by atoms with van der Waals surface area (Å²) < 4.78 is 24.8. The van der Waals surface area contributed by atoms with Gasteiger partial charge in [-0.25, -0.2) is 13.1 Å². The molecule has 0 rings (SSSR count). The second kappa shape index (κ2) is 6.42. The summed E-state index contributed by atoms with van der Waals surface area (Å²) in [6.07, 6.45) is 0.373. The monoisotopic (exact) mass is 270 g/mol. The van der Waals surface area contributed by atoms with Crippen molar-refractivity contribution in [3.8, 4) is 0 Å². The number of halogens is 1. The predicted molar refractivity (Wildman–Crippen MR) is 65.0 cm³/mol. The van der Waals surface area contributed by atoms with Crippen molar-refractivity contribution in [2.75, 3.05) is 18.2 Å². The van der Waals surface area contributed by atoms with Gasteiger partial charge in [-0.3, -0.25) is 4.79 Å². The highest BCUT2D eigenvalue weighted by molar-refractivity contribution is 7.89. The van der Waals surface area contributed by atoms with E-state index in [1.165, 1.54) is 0 Å². The highest BCUT2D eigenvalue weighted by atomic mass is 35.5. The lowest BCUT2D eigenvalue weighted by Gasteiger charge is -2.20. The highest BCUT2D eigenvalue weighted by Crippen LogP contribution is 1.97. The lowest BCUT2D eigenvalue weighted by Crippen LogP contribution is -2.46. The van der Waals surface area contributed by atoms with Crippen LogP contribution in [0.5, 0.6) is 0 Å². The summed E-state index contributed by atoms with van der Waals surface area (Å²) >= 11 is 5.39. The van der Waals surface area contributed by atoms with Crippen LogP contribution in [0, 0.1) is 0 Å². The first-order chi connectivity index (χ1) is 7.16. The number of carbonyl (C=O) groups excluding carboxylic acids is 1. The Balaban J connectivity index is 4.01. The Bertz CT molecular complexity index is 322. The van der Waals surface area contributed by atoms with E-state index in [1.54, 1.807) is 0 Å². The van der Waals surface area contributed by atoms with Gasteiger partial charge in [0.2, 0.25) is 15.9 Å². The molecule has 0 fully saturated rings. The van der Waals surface area contributed by atoms with Gasteiger partial charge in [0.15, 0.2) is 0 Å². The molecule has 0 spiro atoms. The van der Waals surface area contributed by atoms with Gasteiger partial charge in [0, 0.05) is 11.4 Å². The summed E-state index contributed by atoms with van der Waals surface area (Å²) in [4.78, 5) is 11.3. The van der Waals surface area contributed by atoms with E-state index < -0.39 is 10.0 Å². The fourth-order valence-electron chi connectivity index (χ4n) is 0.955. The first kappa shape index (κ1) is 15.7. The first-order valence-electron chi connectivity index (χ1n) is 5.00. The Morgan fingerprint density at radius 3 is 2.31 bits per heavy atom. The largest absolute Gasteiger partial charge is 0.350 e. The summed E-state index contributed by atoms with van der Waals surface area (Å²) in [5.41, 5.74) is -0.362. The summed E-state index contributed by atoms with van der Waals surface area (Å²) in [6.45, 7) is 5.24. The van der Waals surface area contributed by atoms with E-state index in [-0.39, 0.29) is 29.6 Å². The average Bonchev–Trinajstić information content (AvgIpc) is 2.09. The summed E-state index contributed by atoms with van der Waals surface area (Å²) in [5.74, 6) is -0.115. The van der Waals surface area contributed by atoms with Crippen molar-refractivity contribution < 1.29 is 13.2 Å². The van der Waals surface area contributed by atoms with Gasteiger partial charge in [-0.15, -0.1) is 11.6 Å². The molecule has 2 N–H and O–H groups in total. The zero-order valence-corrected chi connectivity index (χ0v) is 11.4. The summed E-state index contributed by atoms with van der Waals surface area (Å²) in [6, 6.07) is 0. The van der Waals surface area contributed by atoms with E-state index in [2.05, 4.69) is 10.0 Å². The van der Waals surface area contributed by atoms with Gasteiger partial charge in [-0.05, 0) is 27.2 Å². The second-order valence-corrected chi connectivity index (χ2v) is 6.79. The molecule has 0 bridgehead atoms. The van der Waals surface area contributed by atoms with E-state index in [1.807, 2.05) is 20.8 Å². The molecule has 0 unspecified atom stereocenters. The standard InChI is InChI=1S/C9H19ClN2O3S/c1-9(2,3)12-8(13)7-11-16(14,15)6-4-5-10/h11H,4-7H2,1-3H3,(H,12,13). The van der Waals surface area contributed by atoms with Crippen molar-refractivity contribution in [3.63, 3.8) is 0 Å². The fraction of sp³-hybridized carbons (Fsp3) is 0.889. The molecule has 16 heavy (non-hydrogen) atoms. The molecule has 1 amide bonds. The maximum atomic E-state index is 11.3. The van der Waals surface area contributed by atoms with Crippen molar-refractivity contribution in [2.24, 2.45) is 0 Å². The van der Waals surface area contributed by atoms with Crippen molar-refractivity contribution in [1.29, 1.82) is 0 Å². The minimum Gasteiger partial charge on any atom is -0.350 e. The second-order valence-electron chi connectivity index (χ2n) is 4.48. The lowest BCUT2D eigenvalue weighted by molar-refractivity contribution is -0.121. The van der Waals surface area contributed by atoms with E-state index in [4.69, 9.17) is 11.6 Å². The number of nitrogens with one attached hydrogen (secondary N) is 2. The number of rotatable bonds is 6. The highest BCUT2D eigenvalue weighted by Gasteiger charge is 2.16. The van der Waals surface area contributed by atoms with Crippen LogP contribution in [0.3, 0.4) is 0 Å². The Kier molecular flexibility index (Phi) is 6.28. The number of sulfonamides is 1. The Morgan fingerprint density at radius 2 is 1.88 bits per heavy atom. The molecule has 0 aliphatic rings. The molecule has 0 aromatic heterocycles. The average molecular weight is 271 g/mol. The molecule has 0 aliphatic heterocycles. The van der Waals surface area contributed by atoms with Crippen LogP contribution >= 0.6 is 11.6 Å². The van der Waals surface area contributed by atoms with Crippen LogP contribution in [-0.2, 0) is 14.8 Å². The number of alkyl halides is 1. The van der Waals surface area contributed by atoms with Gasteiger partial charge in [0.1, 0.15) is 0 Å². The zero-order chi connectivity index (χ0) is 12.8. The lowest BCUT2D eigenvalue weighted by atomic mass is 10.1. The number of carbonyl (C=O) groups is 1. The molecular weight excluding hydrogens is 252 g/mol. The van der Waals surface area contributed by atoms with Crippen molar-refractivity contribution in [1.82, 2.24) is 10.0 Å². The molecule has 0 aromatic rings. The Morgan fingerprint density at radius 1 is 1.31 bits per heavy atom. The van der Waals surface area contributed by atoms with Gasteiger partial charge in [0.25, 0.3) is 0 Å². The van der Waals surface area contributed by atoms with Gasteiger partial charge in [0.05, 0.1) is 12.3 Å². The van der Waals surface area contributed by atoms with Gasteiger partial charge >= 0.3 is 0 Å². The molecule has 0 radical (unpaired) electrons. The fourth-order valence-corrected chi connectivity index (χ4v) is 2.27. The molecule has 96 valence electrons. The third-order valence-electron chi connectivity index (χ3n) is 1.51. The minimum absolute atomic E-state index is 0.0563. The molecule has 0 saturated carbocycles. The van der Waals surface area contributed by atoms with Crippen LogP contribution in [-0.4, -0.2) is 38.0 Å². The molecule has 5 nitrogen and oxygen atoms in total. The summed E-state index contributed by atoms with van der Waals surface area (Å²) in [7, 11) is -3.39. The van der Waals surface area contributed by atoms with Gasteiger partial charge < -0.3 is 5.32 Å². The maximum absolute atomic E-state index is 11.3. The molecule has 0 aliphatic carbocycles. The third-order valence-corrected chi connectivity index (χ3v) is 3.19. The molecule has 7 heteroatoms. The van der Waals surface area contributed by atoms with Crippen molar-refractivity contribution in [3.05, 3.63) is 0 Å². The summed E-state index contributed by atoms with van der Waals surface area (Å²) in [5, 5.41) is 2.66. The number of hydrogen-bond donors (Lipinski definition) is 2. The van der Waals surface area contributed by atoms with Gasteiger partial charge in [-0.2, -0.15) is 0 Å². The van der Waals surface area contributed by atoms with E-state index in [0.717, 1.165) is 0 Å². The van der Waals surface area contributed by atoms with Crippen molar-refractivity contribution in [2.45, 2.75) is 32.7 Å². The predicted octanol–water partition coefficient (Wildman–Crippen LogP) is 0.449. The number of hydrogen-bond acceptors (Lipinski definition) is 3. The first-order valence-corrected chi connectivity index (χ1v) is 7.19. The van der Waals surface area contributed by atoms with E-state index in [0.29, 0.717) is 6.42 Å². The van der Waals surface area contributed by atoms with E-state index in [9.17, 15) is 13.2 Å². The third kappa shape index (κ3) is 8.94. The quantitative estimate of drug-likeness (QED) is 0.688. The van der Waals surface area contributed by atoms with Crippen LogP contribution in [0.1, 0.15) is 27.2 Å². The van der Waals surface area contributed by atoms with Crippen molar-refractivity contribution >= 4 is 27.5 Å². The van der Waals surface area contributed by atoms with Crippen LogP contribution < -0.4 is 10.0 Å². The Labute approximate surface area is 102 Å². The van der Waals surface area contributed by atoms with Crippen LogP contribution in [0.25, 0.3) is 0 Å². The molecule has 0 atom stereocenters. The molecule has 0 saturated heterocycles. The number of amides is 1. The van der Waals surface area contributed by atoms with E-state index >= 15 is 0 Å². The smallest absolute Gasteiger partial charge is 0.235 e. The zero-order valence-electron chi connectivity index (χ0n) is 9.84. The topological polar surface area (TPSA) is 75.3 Å². The SMILES string of the molecule is CC(C)(C)NC(=O)CNS(=O)(=O)CCCCl. The molecule has 0 heterocycles. The molecule has 0 aromatic carbocycles. The van der Waals surface area contributed by atoms with Crippen LogP contribution in [0.4, 0.5) is 0 Å². The molecular formula is C9H19ClN2O3S. The van der Waals surface area contributed by atoms with Crippen LogP contribution in [0.15, 0.2) is 0 Å². The minimum atomic E-state index is -3.39.